The van der Waals surface area contributed by atoms with E-state index in [1.807, 2.05) is 6.92 Å². The molecule has 0 aliphatic heterocycles. The number of halogens is 3. The Morgan fingerprint density at radius 2 is 2.10 bits per heavy atom. The van der Waals surface area contributed by atoms with Gasteiger partial charge in [0.15, 0.2) is 6.61 Å². The Bertz CT molecular complexity index is 463. The lowest BCUT2D eigenvalue weighted by atomic mass is 10.2. The fourth-order valence-electron chi connectivity index (χ4n) is 1.88. The predicted octanol–water partition coefficient (Wildman–Crippen LogP) is 2.92. The SMILES string of the molecule is CCCN(CC(=O)O)Cc1cccc(OCC(F)(F)F)c1. The highest BCUT2D eigenvalue weighted by molar-refractivity contribution is 5.69. The fourth-order valence-corrected chi connectivity index (χ4v) is 1.88. The van der Waals surface area contributed by atoms with E-state index in [1.165, 1.54) is 12.1 Å². The molecule has 1 rings (SSSR count). The summed E-state index contributed by atoms with van der Waals surface area (Å²) in [6.45, 7) is 1.42. The van der Waals surface area contributed by atoms with Crippen LogP contribution in [0.2, 0.25) is 0 Å². The van der Waals surface area contributed by atoms with Crippen LogP contribution in [-0.4, -0.2) is 41.8 Å². The van der Waals surface area contributed by atoms with Gasteiger partial charge in [0, 0.05) is 6.54 Å². The summed E-state index contributed by atoms with van der Waals surface area (Å²) < 4.78 is 41.0. The molecule has 0 saturated heterocycles. The summed E-state index contributed by atoms with van der Waals surface area (Å²) in [6, 6.07) is 6.25. The summed E-state index contributed by atoms with van der Waals surface area (Å²) in [4.78, 5) is 12.5. The Morgan fingerprint density at radius 3 is 2.67 bits per heavy atom. The number of aliphatic carboxylic acids is 1. The predicted molar refractivity (Wildman–Crippen MR) is 71.2 cm³/mol. The molecule has 0 fully saturated rings. The van der Waals surface area contributed by atoms with Crippen molar-refractivity contribution in [3.8, 4) is 5.75 Å². The molecule has 0 spiro atoms. The first-order chi connectivity index (χ1) is 9.80. The highest BCUT2D eigenvalue weighted by atomic mass is 19.4. The van der Waals surface area contributed by atoms with E-state index < -0.39 is 18.8 Å². The van der Waals surface area contributed by atoms with Crippen LogP contribution in [-0.2, 0) is 11.3 Å². The number of alkyl halides is 3. The van der Waals surface area contributed by atoms with Crippen LogP contribution in [0, 0.1) is 0 Å². The van der Waals surface area contributed by atoms with Gasteiger partial charge in [0.1, 0.15) is 5.75 Å². The molecule has 0 amide bonds. The first-order valence-electron chi connectivity index (χ1n) is 6.53. The van der Waals surface area contributed by atoms with Crippen LogP contribution in [0.25, 0.3) is 0 Å². The second-order valence-corrected chi connectivity index (χ2v) is 4.66. The number of carboxylic acid groups (broad SMARTS) is 1. The smallest absolute Gasteiger partial charge is 0.422 e. The zero-order valence-corrected chi connectivity index (χ0v) is 11.7. The summed E-state index contributed by atoms with van der Waals surface area (Å²) >= 11 is 0. The molecule has 1 N–H and O–H groups in total. The van der Waals surface area contributed by atoms with Gasteiger partial charge in [0.05, 0.1) is 6.54 Å². The van der Waals surface area contributed by atoms with Gasteiger partial charge in [-0.2, -0.15) is 13.2 Å². The van der Waals surface area contributed by atoms with Crippen molar-refractivity contribution in [1.82, 2.24) is 4.90 Å². The number of hydrogen-bond acceptors (Lipinski definition) is 3. The van der Waals surface area contributed by atoms with Gasteiger partial charge in [-0.1, -0.05) is 19.1 Å². The highest BCUT2D eigenvalue weighted by Gasteiger charge is 2.28. The van der Waals surface area contributed by atoms with Gasteiger partial charge in [0.25, 0.3) is 0 Å². The van der Waals surface area contributed by atoms with Crippen molar-refractivity contribution in [2.24, 2.45) is 0 Å². The lowest BCUT2D eigenvalue weighted by molar-refractivity contribution is -0.153. The maximum Gasteiger partial charge on any atom is 0.422 e. The maximum absolute atomic E-state index is 12.1. The van der Waals surface area contributed by atoms with E-state index in [9.17, 15) is 18.0 Å². The van der Waals surface area contributed by atoms with Crippen molar-refractivity contribution in [3.05, 3.63) is 29.8 Å². The molecule has 0 unspecified atom stereocenters. The lowest BCUT2D eigenvalue weighted by Crippen LogP contribution is -2.30. The van der Waals surface area contributed by atoms with Gasteiger partial charge < -0.3 is 9.84 Å². The third-order valence-electron chi connectivity index (χ3n) is 2.61. The van der Waals surface area contributed by atoms with Crippen molar-refractivity contribution in [1.29, 1.82) is 0 Å². The van der Waals surface area contributed by atoms with Crippen molar-refractivity contribution >= 4 is 5.97 Å². The molecule has 1 aromatic carbocycles. The topological polar surface area (TPSA) is 49.8 Å². The number of benzene rings is 1. The maximum atomic E-state index is 12.1. The first-order valence-corrected chi connectivity index (χ1v) is 6.53. The van der Waals surface area contributed by atoms with Gasteiger partial charge in [-0.25, -0.2) is 0 Å². The average Bonchev–Trinajstić information content (AvgIpc) is 2.35. The number of ether oxygens (including phenoxy) is 1. The van der Waals surface area contributed by atoms with Crippen LogP contribution in [0.3, 0.4) is 0 Å². The highest BCUT2D eigenvalue weighted by Crippen LogP contribution is 2.20. The molecular formula is C14H18F3NO3. The van der Waals surface area contributed by atoms with Crippen molar-refractivity contribution in [2.75, 3.05) is 19.7 Å². The van der Waals surface area contributed by atoms with E-state index in [1.54, 1.807) is 17.0 Å². The number of nitrogens with zero attached hydrogens (tertiary/aromatic N) is 1. The number of carbonyl (C=O) groups is 1. The Kier molecular flexibility index (Phi) is 6.48. The first kappa shape index (κ1) is 17.3. The second-order valence-electron chi connectivity index (χ2n) is 4.66. The number of rotatable bonds is 8. The Hall–Kier alpha value is -1.76. The van der Waals surface area contributed by atoms with Crippen LogP contribution in [0.5, 0.6) is 5.75 Å². The third-order valence-corrected chi connectivity index (χ3v) is 2.61. The summed E-state index contributed by atoms with van der Waals surface area (Å²) in [7, 11) is 0. The van der Waals surface area contributed by atoms with Crippen molar-refractivity contribution in [2.45, 2.75) is 26.1 Å². The molecule has 0 aliphatic rings. The van der Waals surface area contributed by atoms with Gasteiger partial charge >= 0.3 is 12.1 Å². The zero-order chi connectivity index (χ0) is 15.9. The summed E-state index contributed by atoms with van der Waals surface area (Å²) in [5.74, 6) is -0.815. The van der Waals surface area contributed by atoms with E-state index in [-0.39, 0.29) is 12.3 Å². The Morgan fingerprint density at radius 1 is 1.38 bits per heavy atom. The molecule has 0 aromatic heterocycles. The van der Waals surface area contributed by atoms with Gasteiger partial charge in [-0.15, -0.1) is 0 Å². The molecule has 0 bridgehead atoms. The normalized spacial score (nSPS) is 11.7. The van der Waals surface area contributed by atoms with E-state index in [0.717, 1.165) is 6.42 Å². The molecule has 0 radical (unpaired) electrons. The van der Waals surface area contributed by atoms with Crippen molar-refractivity contribution < 1.29 is 27.8 Å². The van der Waals surface area contributed by atoms with Crippen LogP contribution in [0.1, 0.15) is 18.9 Å². The lowest BCUT2D eigenvalue weighted by Gasteiger charge is -2.19. The van der Waals surface area contributed by atoms with Crippen LogP contribution >= 0.6 is 0 Å². The Balaban J connectivity index is 2.67. The van der Waals surface area contributed by atoms with Crippen LogP contribution < -0.4 is 4.74 Å². The molecule has 1 aromatic rings. The number of carboxylic acids is 1. The molecule has 0 atom stereocenters. The second kappa shape index (κ2) is 7.87. The quantitative estimate of drug-likeness (QED) is 0.802. The van der Waals surface area contributed by atoms with Gasteiger partial charge in [0.2, 0.25) is 0 Å². The third kappa shape index (κ3) is 7.55. The molecule has 4 nitrogen and oxygen atoms in total. The minimum atomic E-state index is -4.38. The Labute approximate surface area is 121 Å². The standard InChI is InChI=1S/C14H18F3NO3/c1-2-6-18(9-13(19)20)8-11-4-3-5-12(7-11)21-10-14(15,16)17/h3-5,7H,2,6,8-10H2,1H3,(H,19,20). The molecule has 0 saturated carbocycles. The molecular weight excluding hydrogens is 287 g/mol. The number of hydrogen-bond donors (Lipinski definition) is 1. The van der Waals surface area contributed by atoms with Crippen LogP contribution in [0.15, 0.2) is 24.3 Å². The summed E-state index contributed by atoms with van der Waals surface area (Å²) in [5, 5.41) is 8.83. The van der Waals surface area contributed by atoms with Crippen LogP contribution in [0.4, 0.5) is 13.2 Å². The minimum absolute atomic E-state index is 0.110. The minimum Gasteiger partial charge on any atom is -0.484 e. The fraction of sp³-hybridized carbons (Fsp3) is 0.500. The van der Waals surface area contributed by atoms with E-state index in [4.69, 9.17) is 5.11 Å². The van der Waals surface area contributed by atoms with Gasteiger partial charge in [-0.05, 0) is 30.7 Å². The average molecular weight is 305 g/mol. The van der Waals surface area contributed by atoms with E-state index in [0.29, 0.717) is 18.7 Å². The molecule has 7 heteroatoms. The van der Waals surface area contributed by atoms with Gasteiger partial charge in [-0.3, -0.25) is 9.69 Å². The largest absolute Gasteiger partial charge is 0.484 e. The van der Waals surface area contributed by atoms with E-state index in [2.05, 4.69) is 4.74 Å². The summed E-state index contributed by atoms with van der Waals surface area (Å²) in [6.07, 6.45) is -3.59. The molecule has 118 valence electrons. The van der Waals surface area contributed by atoms with E-state index >= 15 is 0 Å². The van der Waals surface area contributed by atoms with Crippen molar-refractivity contribution in [3.63, 3.8) is 0 Å². The monoisotopic (exact) mass is 305 g/mol. The summed E-state index contributed by atoms with van der Waals surface area (Å²) in [5.41, 5.74) is 0.712. The molecule has 21 heavy (non-hydrogen) atoms. The molecule has 0 heterocycles. The molecule has 0 aliphatic carbocycles. The zero-order valence-electron chi connectivity index (χ0n) is 11.7.